The molecule has 3 rings (SSSR count). The second-order valence-electron chi connectivity index (χ2n) is 4.90. The van der Waals surface area contributed by atoms with Crippen molar-refractivity contribution >= 4 is 23.2 Å². The van der Waals surface area contributed by atoms with Gasteiger partial charge in [0, 0.05) is 11.6 Å². The van der Waals surface area contributed by atoms with E-state index >= 15 is 0 Å². The van der Waals surface area contributed by atoms with Gasteiger partial charge < -0.3 is 4.90 Å². The molecule has 1 fully saturated rings. The monoisotopic (exact) mass is 304 g/mol. The van der Waals surface area contributed by atoms with Crippen LogP contribution in [0.1, 0.15) is 24.4 Å². The van der Waals surface area contributed by atoms with Crippen molar-refractivity contribution in [2.45, 2.75) is 18.9 Å². The first kappa shape index (κ1) is 13.8. The molecule has 0 amide bonds. The Kier molecular flexibility index (Phi) is 3.70. The summed E-state index contributed by atoms with van der Waals surface area (Å²) in [6.45, 7) is 0.828. The van der Waals surface area contributed by atoms with E-state index in [2.05, 4.69) is 14.9 Å². The van der Waals surface area contributed by atoms with Crippen LogP contribution in [-0.2, 0) is 0 Å². The molecular weight excluding hydrogens is 292 g/mol. The first-order chi connectivity index (χ1) is 10.1. The molecule has 0 spiro atoms. The van der Waals surface area contributed by atoms with Gasteiger partial charge in [-0.15, -0.1) is 0 Å². The van der Waals surface area contributed by atoms with Gasteiger partial charge in [0.05, 0.1) is 11.0 Å². The van der Waals surface area contributed by atoms with E-state index in [9.17, 15) is 10.1 Å². The molecule has 0 saturated carbocycles. The average Bonchev–Trinajstić information content (AvgIpc) is 2.97. The first-order valence-corrected chi connectivity index (χ1v) is 7.01. The molecule has 1 aliphatic heterocycles. The van der Waals surface area contributed by atoms with Crippen molar-refractivity contribution in [3.8, 4) is 0 Å². The molecule has 1 saturated heterocycles. The molecule has 0 radical (unpaired) electrons. The quantitative estimate of drug-likeness (QED) is 0.642. The van der Waals surface area contributed by atoms with E-state index in [1.807, 2.05) is 24.3 Å². The van der Waals surface area contributed by atoms with Crippen LogP contribution in [0.5, 0.6) is 0 Å². The maximum Gasteiger partial charge on any atom is 0.305 e. The number of hydrogen-bond acceptors (Lipinski definition) is 5. The molecule has 0 N–H and O–H groups in total. The predicted molar refractivity (Wildman–Crippen MR) is 79.5 cm³/mol. The van der Waals surface area contributed by atoms with Crippen molar-refractivity contribution in [1.29, 1.82) is 0 Å². The van der Waals surface area contributed by atoms with Crippen molar-refractivity contribution in [2.75, 3.05) is 11.4 Å². The van der Waals surface area contributed by atoms with Crippen LogP contribution in [0.3, 0.4) is 0 Å². The van der Waals surface area contributed by atoms with Crippen LogP contribution < -0.4 is 4.90 Å². The summed E-state index contributed by atoms with van der Waals surface area (Å²) < 4.78 is 0. The van der Waals surface area contributed by atoms with Gasteiger partial charge in [0.25, 0.3) is 0 Å². The number of hydrogen-bond donors (Lipinski definition) is 0. The highest BCUT2D eigenvalue weighted by Gasteiger charge is 2.28. The molecule has 2 aromatic rings. The molecule has 1 aromatic heterocycles. The van der Waals surface area contributed by atoms with E-state index in [0.29, 0.717) is 11.0 Å². The van der Waals surface area contributed by atoms with Gasteiger partial charge in [-0.2, -0.15) is 0 Å². The molecule has 6 nitrogen and oxygen atoms in total. The minimum absolute atomic E-state index is 0.0998. The SMILES string of the molecule is O=[N+]([O-])c1cnc(N2CCC[C@@H]2c2cccc(Cl)c2)nc1. The van der Waals surface area contributed by atoms with Crippen LogP contribution >= 0.6 is 11.6 Å². The Balaban J connectivity index is 1.88. The number of rotatable bonds is 3. The van der Waals surface area contributed by atoms with Crippen molar-refractivity contribution in [3.05, 3.63) is 57.4 Å². The van der Waals surface area contributed by atoms with Gasteiger partial charge in [-0.05, 0) is 30.5 Å². The molecule has 2 heterocycles. The number of nitro groups is 1. The Morgan fingerprint density at radius 3 is 2.76 bits per heavy atom. The molecule has 1 atom stereocenters. The minimum Gasteiger partial charge on any atom is -0.334 e. The fourth-order valence-corrected chi connectivity index (χ4v) is 2.82. The lowest BCUT2D eigenvalue weighted by atomic mass is 10.1. The lowest BCUT2D eigenvalue weighted by Crippen LogP contribution is -2.24. The zero-order valence-electron chi connectivity index (χ0n) is 11.1. The van der Waals surface area contributed by atoms with Crippen LogP contribution in [0, 0.1) is 10.1 Å². The van der Waals surface area contributed by atoms with Gasteiger partial charge in [-0.25, -0.2) is 9.97 Å². The third-order valence-corrected chi connectivity index (χ3v) is 3.81. The fourth-order valence-electron chi connectivity index (χ4n) is 2.62. The summed E-state index contributed by atoms with van der Waals surface area (Å²) in [7, 11) is 0. The summed E-state index contributed by atoms with van der Waals surface area (Å²) in [5.41, 5.74) is 1.01. The van der Waals surface area contributed by atoms with Crippen LogP contribution in [-0.4, -0.2) is 21.4 Å². The molecule has 1 aromatic carbocycles. The van der Waals surface area contributed by atoms with E-state index in [1.165, 1.54) is 12.4 Å². The van der Waals surface area contributed by atoms with Gasteiger partial charge >= 0.3 is 5.69 Å². The third kappa shape index (κ3) is 2.80. The second kappa shape index (κ2) is 5.65. The third-order valence-electron chi connectivity index (χ3n) is 3.58. The number of nitrogens with zero attached hydrogens (tertiary/aromatic N) is 4. The standard InChI is InChI=1S/C14H13ClN4O2/c15-11-4-1-3-10(7-11)13-5-2-6-18(13)14-16-8-12(9-17-14)19(20)21/h1,3-4,7-9,13H,2,5-6H2/t13-/m1/s1. The van der Waals surface area contributed by atoms with Crippen molar-refractivity contribution in [3.63, 3.8) is 0 Å². The van der Waals surface area contributed by atoms with Gasteiger partial charge in [-0.3, -0.25) is 10.1 Å². The molecular formula is C14H13ClN4O2. The summed E-state index contributed by atoms with van der Waals surface area (Å²) in [5, 5.41) is 11.4. The van der Waals surface area contributed by atoms with Gasteiger partial charge in [0.15, 0.2) is 0 Å². The maximum absolute atomic E-state index is 10.7. The second-order valence-corrected chi connectivity index (χ2v) is 5.34. The normalized spacial score (nSPS) is 18.0. The van der Waals surface area contributed by atoms with E-state index in [1.54, 1.807) is 0 Å². The lowest BCUT2D eigenvalue weighted by molar-refractivity contribution is -0.385. The number of aromatic nitrogens is 2. The summed E-state index contributed by atoms with van der Waals surface area (Å²) in [6.07, 6.45) is 4.50. The smallest absolute Gasteiger partial charge is 0.305 e. The summed E-state index contributed by atoms with van der Waals surface area (Å²) >= 11 is 6.05. The molecule has 0 aliphatic carbocycles. The average molecular weight is 305 g/mol. The number of anilines is 1. The number of benzene rings is 1. The zero-order chi connectivity index (χ0) is 14.8. The molecule has 7 heteroatoms. The largest absolute Gasteiger partial charge is 0.334 e. The predicted octanol–water partition coefficient (Wildman–Crippen LogP) is 3.38. The van der Waals surface area contributed by atoms with E-state index in [4.69, 9.17) is 11.6 Å². The Bertz CT molecular complexity index is 662. The molecule has 21 heavy (non-hydrogen) atoms. The maximum atomic E-state index is 10.7. The summed E-state index contributed by atoms with van der Waals surface area (Å²) in [4.78, 5) is 20.5. The molecule has 0 unspecified atom stereocenters. The van der Waals surface area contributed by atoms with Crippen LogP contribution in [0.2, 0.25) is 5.02 Å². The van der Waals surface area contributed by atoms with Gasteiger partial charge in [0.2, 0.25) is 5.95 Å². The molecule has 1 aliphatic rings. The highest BCUT2D eigenvalue weighted by Crippen LogP contribution is 2.35. The van der Waals surface area contributed by atoms with E-state index in [-0.39, 0.29) is 11.7 Å². The molecule has 108 valence electrons. The Labute approximate surface area is 126 Å². The first-order valence-electron chi connectivity index (χ1n) is 6.64. The number of halogens is 1. The Hall–Kier alpha value is -2.21. The fraction of sp³-hybridized carbons (Fsp3) is 0.286. The van der Waals surface area contributed by atoms with E-state index in [0.717, 1.165) is 24.9 Å². The van der Waals surface area contributed by atoms with E-state index < -0.39 is 4.92 Å². The van der Waals surface area contributed by atoms with Gasteiger partial charge in [-0.1, -0.05) is 23.7 Å². The van der Waals surface area contributed by atoms with Crippen molar-refractivity contribution in [2.24, 2.45) is 0 Å². The summed E-state index contributed by atoms with van der Waals surface area (Å²) in [5.74, 6) is 0.517. The highest BCUT2D eigenvalue weighted by atomic mass is 35.5. The topological polar surface area (TPSA) is 72.2 Å². The highest BCUT2D eigenvalue weighted by molar-refractivity contribution is 6.30. The lowest BCUT2D eigenvalue weighted by Gasteiger charge is -2.24. The van der Waals surface area contributed by atoms with Crippen molar-refractivity contribution in [1.82, 2.24) is 9.97 Å². The Morgan fingerprint density at radius 1 is 1.33 bits per heavy atom. The van der Waals surface area contributed by atoms with Gasteiger partial charge in [0.1, 0.15) is 12.4 Å². The van der Waals surface area contributed by atoms with Crippen LogP contribution in [0.25, 0.3) is 0 Å². The van der Waals surface area contributed by atoms with Crippen molar-refractivity contribution < 1.29 is 4.92 Å². The zero-order valence-corrected chi connectivity index (χ0v) is 11.9. The minimum atomic E-state index is -0.498. The Morgan fingerprint density at radius 2 is 2.10 bits per heavy atom. The van der Waals surface area contributed by atoms with Crippen LogP contribution in [0.15, 0.2) is 36.7 Å². The molecule has 0 bridgehead atoms. The summed E-state index contributed by atoms with van der Waals surface area (Å²) in [6, 6.07) is 7.89. The van der Waals surface area contributed by atoms with Crippen LogP contribution in [0.4, 0.5) is 11.6 Å².